The van der Waals surface area contributed by atoms with Gasteiger partial charge in [0.05, 0.1) is 16.3 Å². The molecule has 0 atom stereocenters. The smallest absolute Gasteiger partial charge is 0.0763 e. The molecular weight excluding hydrogens is 212 g/mol. The Morgan fingerprint density at radius 3 is 2.60 bits per heavy atom. The van der Waals surface area contributed by atoms with E-state index in [0.717, 1.165) is 11.3 Å². The van der Waals surface area contributed by atoms with E-state index in [2.05, 4.69) is 5.32 Å². The van der Waals surface area contributed by atoms with E-state index in [9.17, 15) is 5.11 Å². The normalized spacial score (nSPS) is 11.5. The zero-order chi connectivity index (χ0) is 11.6. The lowest BCUT2D eigenvalue weighted by Gasteiger charge is -2.20. The molecule has 0 bridgehead atoms. The number of benzene rings is 1. The second-order valence-electron chi connectivity index (χ2n) is 4.35. The molecule has 3 nitrogen and oxygen atoms in total. The number of rotatable bonds is 3. The van der Waals surface area contributed by atoms with Gasteiger partial charge < -0.3 is 16.2 Å². The molecular formula is C11H17ClN2O. The van der Waals surface area contributed by atoms with E-state index in [1.54, 1.807) is 19.9 Å². The molecule has 4 N–H and O–H groups in total. The van der Waals surface area contributed by atoms with Crippen LogP contribution in [0.25, 0.3) is 0 Å². The van der Waals surface area contributed by atoms with Crippen LogP contribution in [0, 0.1) is 6.92 Å². The van der Waals surface area contributed by atoms with Gasteiger partial charge in [-0.05, 0) is 38.5 Å². The summed E-state index contributed by atoms with van der Waals surface area (Å²) in [6.07, 6.45) is 0. The predicted molar refractivity (Wildman–Crippen MR) is 65.4 cm³/mol. The topological polar surface area (TPSA) is 58.3 Å². The highest BCUT2D eigenvalue weighted by Gasteiger charge is 2.12. The molecule has 84 valence electrons. The van der Waals surface area contributed by atoms with E-state index in [0.29, 0.717) is 17.3 Å². The monoisotopic (exact) mass is 228 g/mol. The zero-order valence-corrected chi connectivity index (χ0v) is 10.0. The lowest BCUT2D eigenvalue weighted by Crippen LogP contribution is -2.29. The minimum Gasteiger partial charge on any atom is -0.398 e. The van der Waals surface area contributed by atoms with Crippen molar-refractivity contribution >= 4 is 23.0 Å². The van der Waals surface area contributed by atoms with Gasteiger partial charge in [0.2, 0.25) is 0 Å². The Morgan fingerprint density at radius 1 is 1.47 bits per heavy atom. The fraction of sp³-hybridized carbons (Fsp3) is 0.455. The fourth-order valence-corrected chi connectivity index (χ4v) is 1.37. The molecule has 0 aromatic heterocycles. The van der Waals surface area contributed by atoms with Crippen LogP contribution in [0.2, 0.25) is 5.02 Å². The highest BCUT2D eigenvalue weighted by Crippen LogP contribution is 2.26. The summed E-state index contributed by atoms with van der Waals surface area (Å²) in [4.78, 5) is 0. The van der Waals surface area contributed by atoms with Crippen molar-refractivity contribution in [3.8, 4) is 0 Å². The Bertz CT molecular complexity index is 358. The standard InChI is InChI=1S/C11H17ClN2O/c1-7-4-9(13)8(12)5-10(7)14-6-11(2,3)15/h4-5,14-15H,6,13H2,1-3H3. The molecule has 0 aliphatic rings. The Morgan fingerprint density at radius 2 is 2.07 bits per heavy atom. The van der Waals surface area contributed by atoms with Gasteiger partial charge >= 0.3 is 0 Å². The summed E-state index contributed by atoms with van der Waals surface area (Å²) in [6.45, 7) is 5.90. The maximum absolute atomic E-state index is 9.57. The van der Waals surface area contributed by atoms with E-state index < -0.39 is 5.60 Å². The number of hydrogen-bond acceptors (Lipinski definition) is 3. The lowest BCUT2D eigenvalue weighted by molar-refractivity contribution is 0.0945. The van der Waals surface area contributed by atoms with E-state index in [1.165, 1.54) is 0 Å². The van der Waals surface area contributed by atoms with Gasteiger partial charge in [-0.25, -0.2) is 0 Å². The molecule has 0 radical (unpaired) electrons. The third-order valence-electron chi connectivity index (χ3n) is 2.06. The maximum Gasteiger partial charge on any atom is 0.0763 e. The SMILES string of the molecule is Cc1cc(N)c(Cl)cc1NCC(C)(C)O. The Balaban J connectivity index is 2.82. The quantitative estimate of drug-likeness (QED) is 0.697. The van der Waals surface area contributed by atoms with Gasteiger partial charge in [-0.3, -0.25) is 0 Å². The Kier molecular flexibility index (Phi) is 3.47. The van der Waals surface area contributed by atoms with E-state index in [-0.39, 0.29) is 0 Å². The van der Waals surface area contributed by atoms with Gasteiger partial charge in [-0.1, -0.05) is 11.6 Å². The molecule has 0 aliphatic heterocycles. The number of nitrogens with one attached hydrogen (secondary N) is 1. The minimum atomic E-state index is -0.750. The number of nitrogen functional groups attached to an aromatic ring is 1. The zero-order valence-electron chi connectivity index (χ0n) is 9.26. The summed E-state index contributed by atoms with van der Waals surface area (Å²) in [7, 11) is 0. The van der Waals surface area contributed by atoms with E-state index in [4.69, 9.17) is 17.3 Å². The Hall–Kier alpha value is -0.930. The highest BCUT2D eigenvalue weighted by molar-refractivity contribution is 6.33. The van der Waals surface area contributed by atoms with Crippen LogP contribution < -0.4 is 11.1 Å². The van der Waals surface area contributed by atoms with E-state index in [1.807, 2.05) is 13.0 Å². The summed E-state index contributed by atoms with van der Waals surface area (Å²) in [5.74, 6) is 0. The first-order valence-electron chi connectivity index (χ1n) is 4.81. The first-order chi connectivity index (χ1) is 6.79. The largest absolute Gasteiger partial charge is 0.398 e. The van der Waals surface area contributed by atoms with Gasteiger partial charge in [0.15, 0.2) is 0 Å². The van der Waals surface area contributed by atoms with Crippen LogP contribution in [0.3, 0.4) is 0 Å². The number of hydrogen-bond donors (Lipinski definition) is 3. The minimum absolute atomic E-state index is 0.466. The molecule has 0 unspecified atom stereocenters. The second-order valence-corrected chi connectivity index (χ2v) is 4.76. The van der Waals surface area contributed by atoms with Crippen molar-refractivity contribution in [2.24, 2.45) is 0 Å². The average molecular weight is 229 g/mol. The highest BCUT2D eigenvalue weighted by atomic mass is 35.5. The van der Waals surface area contributed by atoms with Crippen molar-refractivity contribution in [2.45, 2.75) is 26.4 Å². The third kappa shape index (κ3) is 3.61. The molecule has 0 spiro atoms. The predicted octanol–water partition coefficient (Wildman–Crippen LogP) is 2.41. The van der Waals surface area contributed by atoms with Gasteiger partial charge in [-0.15, -0.1) is 0 Å². The summed E-state index contributed by atoms with van der Waals surface area (Å²) in [5, 5.41) is 13.2. The van der Waals surface area contributed by atoms with E-state index >= 15 is 0 Å². The molecule has 0 fully saturated rings. The molecule has 0 aliphatic carbocycles. The summed E-state index contributed by atoms with van der Waals surface area (Å²) >= 11 is 5.91. The van der Waals surface area contributed by atoms with Gasteiger partial charge in [0.1, 0.15) is 0 Å². The van der Waals surface area contributed by atoms with Crippen LogP contribution in [0.5, 0.6) is 0 Å². The number of halogens is 1. The van der Waals surface area contributed by atoms with Crippen molar-refractivity contribution in [2.75, 3.05) is 17.6 Å². The van der Waals surface area contributed by atoms with Crippen molar-refractivity contribution in [1.29, 1.82) is 0 Å². The fourth-order valence-electron chi connectivity index (χ4n) is 1.21. The lowest BCUT2D eigenvalue weighted by atomic mass is 10.1. The second kappa shape index (κ2) is 4.29. The molecule has 15 heavy (non-hydrogen) atoms. The van der Waals surface area contributed by atoms with Crippen LogP contribution in [0.4, 0.5) is 11.4 Å². The van der Waals surface area contributed by atoms with Crippen LogP contribution in [-0.4, -0.2) is 17.3 Å². The van der Waals surface area contributed by atoms with Crippen LogP contribution >= 0.6 is 11.6 Å². The molecule has 1 rings (SSSR count). The average Bonchev–Trinajstić information content (AvgIpc) is 2.07. The number of aliphatic hydroxyl groups is 1. The summed E-state index contributed by atoms with van der Waals surface area (Å²) in [5.41, 5.74) is 7.40. The Labute approximate surface area is 95.2 Å². The maximum atomic E-state index is 9.57. The molecule has 1 aromatic carbocycles. The molecule has 0 saturated heterocycles. The van der Waals surface area contributed by atoms with Crippen LogP contribution in [0.15, 0.2) is 12.1 Å². The van der Waals surface area contributed by atoms with Crippen LogP contribution in [-0.2, 0) is 0 Å². The molecule has 0 amide bonds. The number of nitrogens with two attached hydrogens (primary N) is 1. The van der Waals surface area contributed by atoms with Crippen LogP contribution in [0.1, 0.15) is 19.4 Å². The summed E-state index contributed by atoms with van der Waals surface area (Å²) < 4.78 is 0. The van der Waals surface area contributed by atoms with Gasteiger partial charge in [0.25, 0.3) is 0 Å². The number of aryl methyl sites for hydroxylation is 1. The third-order valence-corrected chi connectivity index (χ3v) is 2.38. The first kappa shape index (κ1) is 12.1. The van der Waals surface area contributed by atoms with Crippen molar-refractivity contribution in [1.82, 2.24) is 0 Å². The van der Waals surface area contributed by atoms with Gasteiger partial charge in [-0.2, -0.15) is 0 Å². The molecule has 0 heterocycles. The molecule has 1 aromatic rings. The number of anilines is 2. The molecule has 4 heteroatoms. The van der Waals surface area contributed by atoms with Crippen molar-refractivity contribution in [3.05, 3.63) is 22.7 Å². The van der Waals surface area contributed by atoms with Gasteiger partial charge in [0, 0.05) is 12.2 Å². The summed E-state index contributed by atoms with van der Waals surface area (Å²) in [6, 6.07) is 3.59. The van der Waals surface area contributed by atoms with Crippen molar-refractivity contribution in [3.63, 3.8) is 0 Å². The first-order valence-corrected chi connectivity index (χ1v) is 5.19. The van der Waals surface area contributed by atoms with Crippen molar-refractivity contribution < 1.29 is 5.11 Å². The molecule has 0 saturated carbocycles.